The predicted octanol–water partition coefficient (Wildman–Crippen LogP) is 3.55. The summed E-state index contributed by atoms with van der Waals surface area (Å²) >= 11 is 6.23. The first-order chi connectivity index (χ1) is 14.2. The maximum Gasteiger partial charge on any atom is 0.115 e. The molecule has 0 aromatic heterocycles. The number of nitrogens with one attached hydrogen (secondary N) is 1. The van der Waals surface area contributed by atoms with Crippen molar-refractivity contribution in [3.05, 3.63) is 53.6 Å². The first-order valence-corrected chi connectivity index (χ1v) is 11.9. The van der Waals surface area contributed by atoms with Gasteiger partial charge >= 0.3 is 0 Å². The Hall–Kier alpha value is -1.41. The van der Waals surface area contributed by atoms with E-state index < -0.39 is 0 Å². The van der Waals surface area contributed by atoms with Crippen molar-refractivity contribution >= 4 is 11.6 Å². The molecule has 1 heterocycles. The predicted molar refractivity (Wildman–Crippen MR) is 146 cm³/mol. The molecule has 1 aromatic carbocycles. The molecule has 0 saturated carbocycles. The summed E-state index contributed by atoms with van der Waals surface area (Å²) in [6.45, 7) is 13.8. The number of alkyl halides is 1. The minimum Gasteiger partial charge on any atom is -0.508 e. The van der Waals surface area contributed by atoms with Crippen LogP contribution in [0.5, 0.6) is 5.75 Å². The molecule has 0 bridgehead atoms. The van der Waals surface area contributed by atoms with Gasteiger partial charge in [-0.2, -0.15) is 0 Å². The van der Waals surface area contributed by atoms with Crippen LogP contribution in [0, 0.1) is 17.3 Å². The maximum atomic E-state index is 9.66. The minimum atomic E-state index is 0. The van der Waals surface area contributed by atoms with Gasteiger partial charge in [0.25, 0.3) is 0 Å². The lowest BCUT2D eigenvalue weighted by molar-refractivity contribution is 0.0633. The smallest absolute Gasteiger partial charge is 0.115 e. The fourth-order valence-corrected chi connectivity index (χ4v) is 5.18. The van der Waals surface area contributed by atoms with Gasteiger partial charge in [-0.25, -0.2) is 0 Å². The van der Waals surface area contributed by atoms with Gasteiger partial charge in [0, 0.05) is 19.1 Å². The molecule has 1 aliphatic heterocycles. The molecule has 0 radical (unpaired) electrons. The third-order valence-electron chi connectivity index (χ3n) is 6.78. The number of phenols is 1. The van der Waals surface area contributed by atoms with Crippen LogP contribution < -0.4 is 5.32 Å². The molecular weight excluding hydrogens is 452 g/mol. The molecule has 0 spiro atoms. The normalized spacial score (nSPS) is 22.4. The zero-order valence-corrected chi connectivity index (χ0v) is 21.3. The molecule has 1 aromatic rings. The monoisotopic (exact) mass is 500 g/mol. The Kier molecular flexibility index (Phi) is 15.9. The Balaban J connectivity index is 0. The molecule has 34 heavy (non-hydrogen) atoms. The summed E-state index contributed by atoms with van der Waals surface area (Å²) in [5.41, 5.74) is 2.93. The number of halogens is 1. The molecule has 6 nitrogen and oxygen atoms in total. The number of aromatic hydroxyl groups is 1. The molecular formula is C27H49ClN2O4. The summed E-state index contributed by atoms with van der Waals surface area (Å²) in [7, 11) is 0. The van der Waals surface area contributed by atoms with Gasteiger partial charge in [0.05, 0.1) is 5.38 Å². The van der Waals surface area contributed by atoms with Crippen LogP contribution in [0.25, 0.3) is 0 Å². The van der Waals surface area contributed by atoms with Crippen molar-refractivity contribution < 1.29 is 21.5 Å². The van der Waals surface area contributed by atoms with E-state index in [2.05, 4.69) is 62.2 Å². The zero-order valence-electron chi connectivity index (χ0n) is 20.6. The second-order valence-electron chi connectivity index (χ2n) is 10.1. The van der Waals surface area contributed by atoms with Gasteiger partial charge in [-0.1, -0.05) is 65.5 Å². The highest BCUT2D eigenvalue weighted by atomic mass is 35.5. The number of rotatable bonds is 8. The van der Waals surface area contributed by atoms with E-state index in [1.54, 1.807) is 6.07 Å². The summed E-state index contributed by atoms with van der Waals surface area (Å²) in [5, 5.41) is 13.6. The average molecular weight is 501 g/mol. The molecule has 1 saturated heterocycles. The van der Waals surface area contributed by atoms with Crippen molar-refractivity contribution in [2.75, 3.05) is 26.2 Å². The molecule has 198 valence electrons. The van der Waals surface area contributed by atoms with Crippen LogP contribution in [0.2, 0.25) is 0 Å². The number of benzene rings is 1. The first kappa shape index (κ1) is 34.8. The highest BCUT2D eigenvalue weighted by Gasteiger charge is 2.38. The van der Waals surface area contributed by atoms with E-state index in [4.69, 9.17) is 11.6 Å². The van der Waals surface area contributed by atoms with E-state index in [0.29, 0.717) is 23.6 Å². The molecule has 8 N–H and O–H groups in total. The van der Waals surface area contributed by atoms with Crippen molar-refractivity contribution in [1.82, 2.24) is 10.2 Å². The van der Waals surface area contributed by atoms with Gasteiger partial charge in [0.2, 0.25) is 0 Å². The number of hydrogen-bond acceptors (Lipinski definition) is 3. The Labute approximate surface area is 212 Å². The average Bonchev–Trinajstić information content (AvgIpc) is 2.67. The van der Waals surface area contributed by atoms with Gasteiger partial charge < -0.3 is 31.8 Å². The third-order valence-corrected chi connectivity index (χ3v) is 7.10. The number of nitrogens with zero attached hydrogens (tertiary/aromatic N) is 1. The molecule has 3 rings (SSSR count). The molecule has 1 aliphatic carbocycles. The van der Waals surface area contributed by atoms with Gasteiger partial charge in [0.15, 0.2) is 0 Å². The molecule has 0 amide bonds. The lowest BCUT2D eigenvalue weighted by atomic mass is 9.69. The number of allylic oxidation sites excluding steroid dienone is 4. The van der Waals surface area contributed by atoms with Crippen LogP contribution in [0.3, 0.4) is 0 Å². The highest BCUT2D eigenvalue weighted by Crippen LogP contribution is 2.41. The van der Waals surface area contributed by atoms with Crippen molar-refractivity contribution in [2.24, 2.45) is 17.3 Å². The number of hydrogen-bond donors (Lipinski definition) is 2. The minimum absolute atomic E-state index is 0. The summed E-state index contributed by atoms with van der Waals surface area (Å²) < 4.78 is 0. The van der Waals surface area contributed by atoms with Crippen molar-refractivity contribution in [1.29, 1.82) is 0 Å². The number of phenolic OH excluding ortho intramolecular Hbond substituents is 1. The second kappa shape index (κ2) is 15.6. The van der Waals surface area contributed by atoms with E-state index in [1.165, 1.54) is 17.6 Å². The van der Waals surface area contributed by atoms with E-state index in [-0.39, 0.29) is 34.6 Å². The highest BCUT2D eigenvalue weighted by molar-refractivity contribution is 6.22. The van der Waals surface area contributed by atoms with Gasteiger partial charge in [-0.3, -0.25) is 0 Å². The van der Waals surface area contributed by atoms with Crippen molar-refractivity contribution in [3.63, 3.8) is 0 Å². The summed E-state index contributed by atoms with van der Waals surface area (Å²) in [6, 6.07) is 8.06. The fourth-order valence-electron chi connectivity index (χ4n) is 5.01. The SMILES string of the molecule is C.CC(C)[C@H](CN1CC[C@H](C2=CCC(Cl)C=C2)C(C)(C)C1)NCCc1cccc(O)c1.O.O.O. The van der Waals surface area contributed by atoms with Gasteiger partial charge in [0.1, 0.15) is 5.75 Å². The maximum absolute atomic E-state index is 9.66. The summed E-state index contributed by atoms with van der Waals surface area (Å²) in [5.74, 6) is 1.55. The quantitative estimate of drug-likeness (QED) is 0.529. The first-order valence-electron chi connectivity index (χ1n) is 11.5. The molecule has 1 fully saturated rings. The van der Waals surface area contributed by atoms with Crippen LogP contribution in [0.4, 0.5) is 0 Å². The molecule has 7 heteroatoms. The Morgan fingerprint density at radius 1 is 1.21 bits per heavy atom. The Morgan fingerprint density at radius 2 is 1.91 bits per heavy atom. The van der Waals surface area contributed by atoms with E-state index in [0.717, 1.165) is 39.0 Å². The fraction of sp³-hybridized carbons (Fsp3) is 0.630. The number of likely N-dealkylation sites (tertiary alicyclic amines) is 1. The van der Waals surface area contributed by atoms with Crippen molar-refractivity contribution in [2.45, 2.75) is 65.8 Å². The molecule has 3 atom stereocenters. The summed E-state index contributed by atoms with van der Waals surface area (Å²) in [6.07, 6.45) is 9.90. The van der Waals surface area contributed by atoms with E-state index >= 15 is 0 Å². The van der Waals surface area contributed by atoms with Crippen LogP contribution in [-0.2, 0) is 6.42 Å². The summed E-state index contributed by atoms with van der Waals surface area (Å²) in [4.78, 5) is 2.65. The van der Waals surface area contributed by atoms with Crippen LogP contribution in [0.15, 0.2) is 48.1 Å². The van der Waals surface area contributed by atoms with E-state index in [9.17, 15) is 5.11 Å². The lowest BCUT2D eigenvalue weighted by Crippen LogP contribution is -2.52. The van der Waals surface area contributed by atoms with Gasteiger partial charge in [-0.05, 0) is 72.9 Å². The number of piperidine rings is 1. The largest absolute Gasteiger partial charge is 0.508 e. The van der Waals surface area contributed by atoms with Crippen LogP contribution in [-0.4, -0.2) is 64.0 Å². The Morgan fingerprint density at radius 3 is 2.47 bits per heavy atom. The zero-order chi connectivity index (χ0) is 21.7. The molecule has 2 aliphatic rings. The van der Waals surface area contributed by atoms with Crippen LogP contribution >= 0.6 is 11.6 Å². The lowest BCUT2D eigenvalue weighted by Gasteiger charge is -2.46. The third kappa shape index (κ3) is 9.68. The van der Waals surface area contributed by atoms with Crippen LogP contribution in [0.1, 0.15) is 53.5 Å². The molecule has 1 unspecified atom stereocenters. The van der Waals surface area contributed by atoms with Crippen molar-refractivity contribution in [3.8, 4) is 5.75 Å². The standard InChI is InChI=1S/C26H39ClN2O.CH4.3H2O/c1-19(2)25(28-14-12-20-6-5-7-23(30)16-20)17-29-15-13-24(26(3,4)18-29)21-8-10-22(27)11-9-21;;;;/h5-10,16,19,22,24-25,28,30H,11-15,17-18H2,1-4H3;1H4;3*1H2/t22?,24-,25+;;;;/m1..../s1. The van der Waals surface area contributed by atoms with Gasteiger partial charge in [-0.15, -0.1) is 11.6 Å². The topological polar surface area (TPSA) is 130 Å². The second-order valence-corrected chi connectivity index (χ2v) is 10.7. The van der Waals surface area contributed by atoms with E-state index in [1.807, 2.05) is 12.1 Å². The Bertz CT molecular complexity index is 767.